The number of allylic oxidation sites excluding steroid dienone is 23. The van der Waals surface area contributed by atoms with Gasteiger partial charge in [0.05, 0.1) is 32.0 Å². The van der Waals surface area contributed by atoms with Crippen molar-refractivity contribution in [1.82, 2.24) is 5.32 Å². The van der Waals surface area contributed by atoms with Gasteiger partial charge in [0.25, 0.3) is 0 Å². The highest BCUT2D eigenvalue weighted by atomic mass is 16.7. The first-order chi connectivity index (χ1) is 48.1. The van der Waals surface area contributed by atoms with Crippen LogP contribution in [-0.4, -0.2) is 140 Å². The highest BCUT2D eigenvalue weighted by Crippen LogP contribution is 2.30. The third kappa shape index (κ3) is 48.7. The predicted octanol–water partition coefficient (Wildman–Crippen LogP) is 17.6. The van der Waals surface area contributed by atoms with Gasteiger partial charge in [-0.2, -0.15) is 0 Å². The molecule has 0 saturated carbocycles. The van der Waals surface area contributed by atoms with Gasteiger partial charge in [0.2, 0.25) is 5.91 Å². The lowest BCUT2D eigenvalue weighted by atomic mass is 9.97. The van der Waals surface area contributed by atoms with Crippen LogP contribution in [0.3, 0.4) is 0 Å². The molecule has 0 aromatic carbocycles. The minimum absolute atomic E-state index is 0.253. The molecule has 0 spiro atoms. The number of nitrogens with one attached hydrogen (secondary N) is 1. The van der Waals surface area contributed by atoms with Crippen LogP contribution in [0.15, 0.2) is 146 Å². The number of amides is 1. The van der Waals surface area contributed by atoms with E-state index in [0.717, 1.165) is 116 Å². The number of unbranched alkanes of at least 4 members (excludes halogenated alkanes) is 28. The number of carbonyl (C=O) groups excluding carboxylic acids is 1. The average molecular weight is 1370 g/mol. The largest absolute Gasteiger partial charge is 0.394 e. The molecule has 2 fully saturated rings. The Balaban J connectivity index is 1.67. The molecule has 2 saturated heterocycles. The second-order valence-corrected chi connectivity index (χ2v) is 26.7. The van der Waals surface area contributed by atoms with Crippen molar-refractivity contribution < 1.29 is 64.6 Å². The molecule has 0 radical (unpaired) electrons. The van der Waals surface area contributed by atoms with E-state index in [-0.39, 0.29) is 18.9 Å². The summed E-state index contributed by atoms with van der Waals surface area (Å²) in [5, 5.41) is 87.6. The second kappa shape index (κ2) is 66.1. The maximum atomic E-state index is 13.4. The molecule has 1 amide bonds. The zero-order valence-electron chi connectivity index (χ0n) is 61.2. The maximum Gasteiger partial charge on any atom is 0.220 e. The zero-order valence-corrected chi connectivity index (χ0v) is 61.2. The maximum absolute atomic E-state index is 13.4. The molecule has 98 heavy (non-hydrogen) atoms. The molecule has 560 valence electrons. The van der Waals surface area contributed by atoms with Crippen LogP contribution in [0.1, 0.15) is 284 Å². The van der Waals surface area contributed by atoms with E-state index in [0.29, 0.717) is 12.8 Å². The van der Waals surface area contributed by atoms with Gasteiger partial charge >= 0.3 is 0 Å². The fraction of sp³-hybridized carbons (Fsp3) is 0.702. The van der Waals surface area contributed by atoms with E-state index < -0.39 is 86.8 Å². The summed E-state index contributed by atoms with van der Waals surface area (Å²) in [4.78, 5) is 13.4. The Bertz CT molecular complexity index is 2210. The summed E-state index contributed by atoms with van der Waals surface area (Å²) in [5.74, 6) is -0.264. The molecule has 14 heteroatoms. The van der Waals surface area contributed by atoms with Gasteiger partial charge in [-0.15, -0.1) is 0 Å². The quantitative estimate of drug-likeness (QED) is 0.0204. The highest BCUT2D eigenvalue weighted by Gasteiger charge is 2.51. The molecular formula is C84H141NO13. The summed E-state index contributed by atoms with van der Waals surface area (Å²) in [6.07, 6.45) is 83.4. The van der Waals surface area contributed by atoms with Crippen molar-refractivity contribution in [2.75, 3.05) is 19.8 Å². The van der Waals surface area contributed by atoms with Gasteiger partial charge in [0, 0.05) is 6.42 Å². The standard InChI is InChI=1S/C84H141NO13/c1-3-5-7-9-11-13-15-17-19-21-23-25-27-29-31-32-33-34-35-36-37-38-39-40-42-44-46-48-50-52-54-56-58-60-62-64-66-68-76(89)85-72(71-95-83-81(94)79(92)82(75(70-87)97-83)98-84-80(93)78(91)77(90)74(69-86)96-84)73(88)67-65-63-61-59-57-55-53-51-49-47-45-43-41-30-28-26-24-22-20-18-16-14-12-10-8-6-4-2/h5,7,11,13,17,19,23,25,29,31,33-34,36-37,39-40,44,46,49,51,57,59,65,67,72-75,77-84,86-88,90-94H,3-4,6,8-10,12,14-16,18,20-22,24,26-28,30,32,35,38,41-43,45,47-48,50,52-56,58,60-64,66,68-71H2,1-2H3,(H,85,89)/b7-5-,13-11-,19-17-,25-23-,31-29-,34-33-,37-36-,40-39-,46-44-,51-49+,59-57+,67-65+. The van der Waals surface area contributed by atoms with Gasteiger partial charge in [-0.3, -0.25) is 4.79 Å². The molecule has 0 aromatic rings. The number of hydrogen-bond acceptors (Lipinski definition) is 13. The summed E-state index contributed by atoms with van der Waals surface area (Å²) >= 11 is 0. The van der Waals surface area contributed by atoms with Crippen molar-refractivity contribution in [2.45, 2.75) is 357 Å². The minimum Gasteiger partial charge on any atom is -0.394 e. The Morgan fingerprint density at radius 1 is 0.378 bits per heavy atom. The van der Waals surface area contributed by atoms with Crippen LogP contribution < -0.4 is 5.32 Å². The van der Waals surface area contributed by atoms with Crippen LogP contribution in [0.2, 0.25) is 0 Å². The zero-order chi connectivity index (χ0) is 70.8. The first kappa shape index (κ1) is 90.0. The van der Waals surface area contributed by atoms with Crippen LogP contribution in [0.4, 0.5) is 0 Å². The molecule has 9 N–H and O–H groups in total. The lowest BCUT2D eigenvalue weighted by Crippen LogP contribution is -2.65. The van der Waals surface area contributed by atoms with Crippen LogP contribution in [-0.2, 0) is 23.7 Å². The molecule has 2 heterocycles. The van der Waals surface area contributed by atoms with Gasteiger partial charge in [0.1, 0.15) is 48.8 Å². The van der Waals surface area contributed by atoms with Crippen LogP contribution in [0, 0.1) is 0 Å². The van der Waals surface area contributed by atoms with Crippen LogP contribution in [0.25, 0.3) is 0 Å². The normalized spacial score (nSPS) is 22.9. The molecule has 12 unspecified atom stereocenters. The SMILES string of the molecule is CC/C=C\C/C=C\C/C=C\C/C=C\C/C=C\C/C=C\C/C=C\C/C=C\C/C=C\CCCCCCCCCCCC(=O)NC(COC1OC(CO)C(OC2OC(CO)C(O)C(O)C2O)C(O)C1O)C(O)/C=C/CC/C=C/CC/C=C/CCCCCCCCCCCCCCCCCCC. The van der Waals surface area contributed by atoms with Gasteiger partial charge in [-0.05, 0) is 116 Å². The van der Waals surface area contributed by atoms with Crippen molar-refractivity contribution in [3.05, 3.63) is 146 Å². The number of carbonyl (C=O) groups is 1. The Hall–Kier alpha value is -4.13. The fourth-order valence-electron chi connectivity index (χ4n) is 11.8. The second-order valence-electron chi connectivity index (χ2n) is 26.7. The predicted molar refractivity (Wildman–Crippen MR) is 405 cm³/mol. The lowest BCUT2D eigenvalue weighted by molar-refractivity contribution is -0.359. The monoisotopic (exact) mass is 1370 g/mol. The van der Waals surface area contributed by atoms with Gasteiger partial charge in [-0.25, -0.2) is 0 Å². The molecule has 12 atom stereocenters. The number of ether oxygens (including phenoxy) is 4. The van der Waals surface area contributed by atoms with Crippen molar-refractivity contribution in [3.63, 3.8) is 0 Å². The first-order valence-electron chi connectivity index (χ1n) is 39.1. The van der Waals surface area contributed by atoms with E-state index in [1.165, 1.54) is 135 Å². The Labute approximate surface area is 595 Å². The third-order valence-corrected chi connectivity index (χ3v) is 18.0. The van der Waals surface area contributed by atoms with Gasteiger partial charge < -0.3 is 65.1 Å². The fourth-order valence-corrected chi connectivity index (χ4v) is 11.8. The first-order valence-corrected chi connectivity index (χ1v) is 39.1. The van der Waals surface area contributed by atoms with E-state index >= 15 is 0 Å². The van der Waals surface area contributed by atoms with Gasteiger partial charge in [-0.1, -0.05) is 307 Å². The Kier molecular flexibility index (Phi) is 60.7. The number of rotatable bonds is 63. The van der Waals surface area contributed by atoms with Crippen LogP contribution >= 0.6 is 0 Å². The smallest absolute Gasteiger partial charge is 0.220 e. The summed E-state index contributed by atoms with van der Waals surface area (Å²) in [7, 11) is 0. The molecule has 0 aliphatic carbocycles. The van der Waals surface area contributed by atoms with E-state index in [2.05, 4.69) is 153 Å². The summed E-state index contributed by atoms with van der Waals surface area (Å²) in [6, 6.07) is -0.954. The molecule has 0 bridgehead atoms. The molecular weight excluding hydrogens is 1230 g/mol. The lowest BCUT2D eigenvalue weighted by Gasteiger charge is -2.46. The Morgan fingerprint density at radius 3 is 1.12 bits per heavy atom. The van der Waals surface area contributed by atoms with E-state index in [1.807, 2.05) is 6.08 Å². The molecule has 2 aliphatic heterocycles. The number of aliphatic hydroxyl groups excluding tert-OH is 8. The Morgan fingerprint density at radius 2 is 0.714 bits per heavy atom. The van der Waals surface area contributed by atoms with E-state index in [9.17, 15) is 45.6 Å². The van der Waals surface area contributed by atoms with E-state index in [1.54, 1.807) is 6.08 Å². The average Bonchev–Trinajstić information content (AvgIpc) is 0.793. The molecule has 2 rings (SSSR count). The topological polar surface area (TPSA) is 228 Å². The molecule has 2 aliphatic rings. The van der Waals surface area contributed by atoms with Crippen molar-refractivity contribution in [3.8, 4) is 0 Å². The number of aliphatic hydroxyl groups is 8. The number of hydrogen-bond donors (Lipinski definition) is 9. The summed E-state index contributed by atoms with van der Waals surface area (Å²) < 4.78 is 22.9. The van der Waals surface area contributed by atoms with Crippen molar-refractivity contribution >= 4 is 5.91 Å². The van der Waals surface area contributed by atoms with Crippen molar-refractivity contribution in [2.24, 2.45) is 0 Å². The third-order valence-electron chi connectivity index (χ3n) is 18.0. The molecule has 14 nitrogen and oxygen atoms in total. The van der Waals surface area contributed by atoms with Crippen LogP contribution in [0.5, 0.6) is 0 Å². The highest BCUT2D eigenvalue weighted by molar-refractivity contribution is 5.76. The summed E-state index contributed by atoms with van der Waals surface area (Å²) in [5.41, 5.74) is 0. The summed E-state index contributed by atoms with van der Waals surface area (Å²) in [6.45, 7) is 2.67. The minimum atomic E-state index is -1.80. The van der Waals surface area contributed by atoms with E-state index in [4.69, 9.17) is 18.9 Å². The van der Waals surface area contributed by atoms with Gasteiger partial charge in [0.15, 0.2) is 12.6 Å². The molecule has 0 aromatic heterocycles. The van der Waals surface area contributed by atoms with Crippen molar-refractivity contribution in [1.29, 1.82) is 0 Å².